The van der Waals surface area contributed by atoms with Crippen LogP contribution in [0.1, 0.15) is 0 Å². The monoisotopic (exact) mass is 241 g/mol. The molecule has 6 heteroatoms. The van der Waals surface area contributed by atoms with Crippen molar-refractivity contribution in [1.82, 2.24) is 10.2 Å². The zero-order valence-electron chi connectivity index (χ0n) is 7.90. The minimum Gasteiger partial charge on any atom is -0.330 e. The molecule has 78 valence electrons. The van der Waals surface area contributed by atoms with E-state index in [0.717, 1.165) is 4.34 Å². The van der Waals surface area contributed by atoms with Crippen molar-refractivity contribution in [1.29, 1.82) is 0 Å². The number of nitrogens with zero attached hydrogens (tertiary/aromatic N) is 2. The molecule has 0 fully saturated rings. The molecule has 0 radical (unpaired) electrons. The number of thioether (sulfide) groups is 1. The first-order valence-corrected chi connectivity index (χ1v) is 6.22. The number of anilines is 2. The van der Waals surface area contributed by atoms with Gasteiger partial charge < -0.3 is 5.32 Å². The van der Waals surface area contributed by atoms with E-state index < -0.39 is 0 Å². The van der Waals surface area contributed by atoms with Gasteiger partial charge in [-0.15, -0.1) is 10.2 Å². The smallest absolute Gasteiger partial charge is 0.210 e. The first kappa shape index (κ1) is 10.4. The highest BCUT2D eigenvalue weighted by Crippen LogP contribution is 2.25. The number of halogens is 1. The zero-order chi connectivity index (χ0) is 10.7. The summed E-state index contributed by atoms with van der Waals surface area (Å²) in [7, 11) is 0. The third-order valence-corrected chi connectivity index (χ3v) is 3.47. The molecule has 0 saturated carbocycles. The molecule has 2 aromatic rings. The molecular formula is C9H8FN3S2. The lowest BCUT2D eigenvalue weighted by Gasteiger charge is -2.00. The van der Waals surface area contributed by atoms with E-state index in [1.165, 1.54) is 35.2 Å². The molecule has 0 saturated heterocycles. The third-order valence-electron chi connectivity index (χ3n) is 1.66. The Hall–Kier alpha value is -1.14. The van der Waals surface area contributed by atoms with Gasteiger partial charge in [-0.05, 0) is 24.5 Å². The maximum absolute atomic E-state index is 12.9. The van der Waals surface area contributed by atoms with Crippen molar-refractivity contribution in [2.45, 2.75) is 4.34 Å². The highest BCUT2D eigenvalue weighted by molar-refractivity contribution is 8.00. The summed E-state index contributed by atoms with van der Waals surface area (Å²) in [6, 6.07) is 6.25. The van der Waals surface area contributed by atoms with E-state index in [1.807, 2.05) is 6.26 Å². The maximum Gasteiger partial charge on any atom is 0.210 e. The van der Waals surface area contributed by atoms with Crippen LogP contribution in [0.3, 0.4) is 0 Å². The van der Waals surface area contributed by atoms with Gasteiger partial charge in [0.25, 0.3) is 0 Å². The van der Waals surface area contributed by atoms with Gasteiger partial charge in [0.1, 0.15) is 5.82 Å². The van der Waals surface area contributed by atoms with Crippen molar-refractivity contribution in [3.05, 3.63) is 30.1 Å². The Morgan fingerprint density at radius 1 is 1.40 bits per heavy atom. The van der Waals surface area contributed by atoms with Crippen molar-refractivity contribution in [2.24, 2.45) is 0 Å². The topological polar surface area (TPSA) is 37.8 Å². The SMILES string of the molecule is CSc1nnc(Nc2cccc(F)c2)s1. The zero-order valence-corrected chi connectivity index (χ0v) is 9.53. The fraction of sp³-hybridized carbons (Fsp3) is 0.111. The standard InChI is InChI=1S/C9H8FN3S2/c1-14-9-13-12-8(15-9)11-7-4-2-3-6(10)5-7/h2-5H,1H3,(H,11,12). The number of rotatable bonds is 3. The predicted octanol–water partition coefficient (Wildman–Crippen LogP) is 3.14. The fourth-order valence-electron chi connectivity index (χ4n) is 1.03. The van der Waals surface area contributed by atoms with Gasteiger partial charge in [-0.1, -0.05) is 29.2 Å². The molecule has 2 rings (SSSR count). The van der Waals surface area contributed by atoms with E-state index in [4.69, 9.17) is 0 Å². The largest absolute Gasteiger partial charge is 0.330 e. The molecule has 0 atom stereocenters. The Bertz CT molecular complexity index is 458. The van der Waals surface area contributed by atoms with E-state index in [-0.39, 0.29) is 5.82 Å². The first-order chi connectivity index (χ1) is 7.28. The van der Waals surface area contributed by atoms with E-state index >= 15 is 0 Å². The summed E-state index contributed by atoms with van der Waals surface area (Å²) in [6.45, 7) is 0. The van der Waals surface area contributed by atoms with Gasteiger partial charge in [-0.2, -0.15) is 0 Å². The number of nitrogens with one attached hydrogen (secondary N) is 1. The van der Waals surface area contributed by atoms with Gasteiger partial charge in [-0.25, -0.2) is 4.39 Å². The second-order valence-electron chi connectivity index (χ2n) is 2.71. The van der Waals surface area contributed by atoms with Crippen molar-refractivity contribution in [3.63, 3.8) is 0 Å². The van der Waals surface area contributed by atoms with Crippen LogP contribution in [0.4, 0.5) is 15.2 Å². The molecule has 0 aliphatic carbocycles. The van der Waals surface area contributed by atoms with E-state index in [2.05, 4.69) is 15.5 Å². The molecule has 1 N–H and O–H groups in total. The van der Waals surface area contributed by atoms with Crippen molar-refractivity contribution < 1.29 is 4.39 Å². The fourth-order valence-corrected chi connectivity index (χ4v) is 2.22. The second kappa shape index (κ2) is 4.59. The Labute approximate surface area is 94.7 Å². The van der Waals surface area contributed by atoms with Crippen LogP contribution in [0.2, 0.25) is 0 Å². The average Bonchev–Trinajstić information content (AvgIpc) is 2.65. The molecule has 0 aliphatic heterocycles. The van der Waals surface area contributed by atoms with Crippen LogP contribution in [-0.2, 0) is 0 Å². The third kappa shape index (κ3) is 2.66. The van der Waals surface area contributed by atoms with Crippen molar-refractivity contribution in [2.75, 3.05) is 11.6 Å². The minimum absolute atomic E-state index is 0.269. The Kier molecular flexibility index (Phi) is 3.17. The summed E-state index contributed by atoms with van der Waals surface area (Å²) < 4.78 is 13.7. The minimum atomic E-state index is -0.269. The van der Waals surface area contributed by atoms with Crippen LogP contribution < -0.4 is 5.32 Å². The van der Waals surface area contributed by atoms with Crippen LogP contribution in [0, 0.1) is 5.82 Å². The molecule has 1 aromatic carbocycles. The van der Waals surface area contributed by atoms with Gasteiger partial charge in [0.15, 0.2) is 4.34 Å². The van der Waals surface area contributed by atoms with Crippen LogP contribution in [-0.4, -0.2) is 16.5 Å². The molecule has 0 unspecified atom stereocenters. The lowest BCUT2D eigenvalue weighted by atomic mass is 10.3. The molecule has 0 bridgehead atoms. The van der Waals surface area contributed by atoms with E-state index in [9.17, 15) is 4.39 Å². The van der Waals surface area contributed by atoms with E-state index in [0.29, 0.717) is 10.8 Å². The lowest BCUT2D eigenvalue weighted by Crippen LogP contribution is -1.89. The molecule has 15 heavy (non-hydrogen) atoms. The Balaban J connectivity index is 2.14. The summed E-state index contributed by atoms with van der Waals surface area (Å²) >= 11 is 2.97. The molecule has 3 nitrogen and oxygen atoms in total. The summed E-state index contributed by atoms with van der Waals surface area (Å²) in [5, 5.41) is 11.5. The Morgan fingerprint density at radius 2 is 2.27 bits per heavy atom. The maximum atomic E-state index is 12.9. The van der Waals surface area contributed by atoms with Gasteiger partial charge in [-0.3, -0.25) is 0 Å². The van der Waals surface area contributed by atoms with Crippen molar-refractivity contribution >= 4 is 33.9 Å². The molecule has 0 amide bonds. The molecule has 1 aromatic heterocycles. The first-order valence-electron chi connectivity index (χ1n) is 4.18. The van der Waals surface area contributed by atoms with E-state index in [1.54, 1.807) is 12.1 Å². The molecule has 0 aliphatic rings. The highest BCUT2D eigenvalue weighted by Gasteiger charge is 2.03. The average molecular weight is 241 g/mol. The Morgan fingerprint density at radius 3 is 2.93 bits per heavy atom. The van der Waals surface area contributed by atoms with Crippen LogP contribution in [0.5, 0.6) is 0 Å². The summed E-state index contributed by atoms with van der Waals surface area (Å²) in [4.78, 5) is 0. The van der Waals surface area contributed by atoms with Crippen LogP contribution >= 0.6 is 23.1 Å². The quantitative estimate of drug-likeness (QED) is 0.838. The molecule has 1 heterocycles. The number of hydrogen-bond acceptors (Lipinski definition) is 5. The second-order valence-corrected chi connectivity index (χ2v) is 4.74. The lowest BCUT2D eigenvalue weighted by molar-refractivity contribution is 0.628. The molecule has 0 spiro atoms. The van der Waals surface area contributed by atoms with Crippen molar-refractivity contribution in [3.8, 4) is 0 Å². The van der Waals surface area contributed by atoms with Crippen LogP contribution in [0.15, 0.2) is 28.6 Å². The number of benzene rings is 1. The summed E-state index contributed by atoms with van der Waals surface area (Å²) in [5.41, 5.74) is 0.679. The normalized spacial score (nSPS) is 10.3. The predicted molar refractivity (Wildman–Crippen MR) is 61.4 cm³/mol. The van der Waals surface area contributed by atoms with Gasteiger partial charge in [0.2, 0.25) is 5.13 Å². The summed E-state index contributed by atoms with van der Waals surface area (Å²) in [5.74, 6) is -0.269. The highest BCUT2D eigenvalue weighted by atomic mass is 32.2. The van der Waals surface area contributed by atoms with Gasteiger partial charge >= 0.3 is 0 Å². The number of aromatic nitrogens is 2. The van der Waals surface area contributed by atoms with Gasteiger partial charge in [0.05, 0.1) is 0 Å². The summed E-state index contributed by atoms with van der Waals surface area (Å²) in [6.07, 6.45) is 1.94. The van der Waals surface area contributed by atoms with Crippen LogP contribution in [0.25, 0.3) is 0 Å². The molecular weight excluding hydrogens is 233 g/mol. The number of hydrogen-bond donors (Lipinski definition) is 1. The van der Waals surface area contributed by atoms with Gasteiger partial charge in [0, 0.05) is 5.69 Å².